The molecule has 0 amide bonds. The molecule has 13 heavy (non-hydrogen) atoms. The Morgan fingerprint density at radius 2 is 2.08 bits per heavy atom. The zero-order chi connectivity index (χ0) is 9.10. The van der Waals surface area contributed by atoms with E-state index in [4.69, 9.17) is 5.11 Å². The monoisotopic (exact) mass is 194 g/mol. The Labute approximate surface area is 83.2 Å². The highest BCUT2D eigenvalue weighted by molar-refractivity contribution is 8.00. The molecule has 2 atom stereocenters. The minimum absolute atomic E-state index is 0.308. The highest BCUT2D eigenvalue weighted by Crippen LogP contribution is 2.48. The van der Waals surface area contributed by atoms with Crippen molar-refractivity contribution >= 4 is 11.8 Å². The number of hydrogen-bond acceptors (Lipinski definition) is 2. The van der Waals surface area contributed by atoms with Crippen LogP contribution in [-0.4, -0.2) is 22.7 Å². The molecule has 1 nitrogen and oxygen atoms in total. The second-order valence-electron chi connectivity index (χ2n) is 3.39. The quantitative estimate of drug-likeness (QED) is 0.793. The van der Waals surface area contributed by atoms with Gasteiger partial charge < -0.3 is 5.11 Å². The third-order valence-corrected chi connectivity index (χ3v) is 3.75. The maximum atomic E-state index is 8.68. The number of thioether (sulfide) groups is 1. The average Bonchev–Trinajstić information content (AvgIpc) is 2.95. The normalized spacial score (nSPS) is 25.9. The van der Waals surface area contributed by atoms with Crippen molar-refractivity contribution in [2.24, 2.45) is 0 Å². The van der Waals surface area contributed by atoms with Gasteiger partial charge in [0, 0.05) is 11.0 Å². The van der Waals surface area contributed by atoms with Gasteiger partial charge in [-0.2, -0.15) is 11.8 Å². The van der Waals surface area contributed by atoms with Crippen LogP contribution in [0.5, 0.6) is 0 Å². The molecule has 0 radical (unpaired) electrons. The van der Waals surface area contributed by atoms with Gasteiger partial charge in [-0.1, -0.05) is 30.3 Å². The standard InChI is InChI=1S/C11H14OS/c12-6-7-13-11-8-10(11)9-4-2-1-3-5-9/h1-5,10-12H,6-8H2. The predicted molar refractivity (Wildman–Crippen MR) is 57.1 cm³/mol. The molecule has 0 heterocycles. The van der Waals surface area contributed by atoms with Crippen molar-refractivity contribution in [2.45, 2.75) is 17.6 Å². The van der Waals surface area contributed by atoms with Gasteiger partial charge in [0.2, 0.25) is 0 Å². The highest BCUT2D eigenvalue weighted by Gasteiger charge is 2.37. The average molecular weight is 194 g/mol. The number of hydrogen-bond donors (Lipinski definition) is 1. The van der Waals surface area contributed by atoms with Gasteiger partial charge in [0.15, 0.2) is 0 Å². The van der Waals surface area contributed by atoms with Crippen molar-refractivity contribution in [2.75, 3.05) is 12.4 Å². The van der Waals surface area contributed by atoms with Crippen molar-refractivity contribution in [1.29, 1.82) is 0 Å². The summed E-state index contributed by atoms with van der Waals surface area (Å²) in [5, 5.41) is 9.44. The number of benzene rings is 1. The van der Waals surface area contributed by atoms with Gasteiger partial charge in [0.05, 0.1) is 6.61 Å². The molecule has 1 aliphatic carbocycles. The van der Waals surface area contributed by atoms with Gasteiger partial charge in [-0.3, -0.25) is 0 Å². The van der Waals surface area contributed by atoms with Crippen molar-refractivity contribution in [1.82, 2.24) is 0 Å². The number of aliphatic hydroxyl groups is 1. The highest BCUT2D eigenvalue weighted by atomic mass is 32.2. The fourth-order valence-corrected chi connectivity index (χ4v) is 2.75. The molecule has 0 saturated heterocycles. The first-order chi connectivity index (χ1) is 6.42. The minimum Gasteiger partial charge on any atom is -0.396 e. The molecule has 0 bridgehead atoms. The van der Waals surface area contributed by atoms with Crippen LogP contribution in [0.25, 0.3) is 0 Å². The lowest BCUT2D eigenvalue weighted by molar-refractivity contribution is 0.322. The number of rotatable bonds is 4. The first kappa shape index (κ1) is 9.10. The molecule has 1 aromatic carbocycles. The SMILES string of the molecule is OCCSC1CC1c1ccccc1. The summed E-state index contributed by atoms with van der Waals surface area (Å²) in [5.41, 5.74) is 1.46. The van der Waals surface area contributed by atoms with E-state index in [1.54, 1.807) is 0 Å². The summed E-state index contributed by atoms with van der Waals surface area (Å²) in [6, 6.07) is 10.7. The zero-order valence-corrected chi connectivity index (χ0v) is 8.33. The Balaban J connectivity index is 1.86. The summed E-state index contributed by atoms with van der Waals surface area (Å²) < 4.78 is 0. The van der Waals surface area contributed by atoms with E-state index in [0.717, 1.165) is 16.9 Å². The Morgan fingerprint density at radius 3 is 2.77 bits per heavy atom. The summed E-state index contributed by atoms with van der Waals surface area (Å²) in [6.07, 6.45) is 1.29. The lowest BCUT2D eigenvalue weighted by Crippen LogP contribution is -1.89. The molecule has 1 saturated carbocycles. The van der Waals surface area contributed by atoms with Gasteiger partial charge in [0.1, 0.15) is 0 Å². The largest absolute Gasteiger partial charge is 0.396 e. The molecule has 2 unspecified atom stereocenters. The van der Waals surface area contributed by atoms with Gasteiger partial charge >= 0.3 is 0 Å². The molecule has 1 aromatic rings. The van der Waals surface area contributed by atoms with E-state index < -0.39 is 0 Å². The molecule has 2 heteroatoms. The summed E-state index contributed by atoms with van der Waals surface area (Å²) in [6.45, 7) is 0.308. The van der Waals surface area contributed by atoms with E-state index in [9.17, 15) is 0 Å². The van der Waals surface area contributed by atoms with E-state index >= 15 is 0 Å². The topological polar surface area (TPSA) is 20.2 Å². The molecular weight excluding hydrogens is 180 g/mol. The third-order valence-electron chi connectivity index (χ3n) is 2.38. The molecule has 0 aromatic heterocycles. The molecule has 70 valence electrons. The lowest BCUT2D eigenvalue weighted by atomic mass is 10.1. The van der Waals surface area contributed by atoms with Crippen LogP contribution in [0.2, 0.25) is 0 Å². The van der Waals surface area contributed by atoms with Crippen molar-refractivity contribution in [3.63, 3.8) is 0 Å². The van der Waals surface area contributed by atoms with E-state index in [1.807, 2.05) is 11.8 Å². The van der Waals surface area contributed by atoms with Crippen LogP contribution in [0, 0.1) is 0 Å². The van der Waals surface area contributed by atoms with Gasteiger partial charge in [-0.15, -0.1) is 0 Å². The predicted octanol–water partition coefficient (Wildman–Crippen LogP) is 2.27. The smallest absolute Gasteiger partial charge is 0.0521 e. The summed E-state index contributed by atoms with van der Waals surface area (Å²) in [4.78, 5) is 0. The van der Waals surface area contributed by atoms with Crippen LogP contribution in [0.1, 0.15) is 17.9 Å². The van der Waals surface area contributed by atoms with Crippen molar-refractivity contribution in [3.05, 3.63) is 35.9 Å². The lowest BCUT2D eigenvalue weighted by Gasteiger charge is -1.98. The van der Waals surface area contributed by atoms with E-state index in [0.29, 0.717) is 6.61 Å². The van der Waals surface area contributed by atoms with Crippen LogP contribution < -0.4 is 0 Å². The fraction of sp³-hybridized carbons (Fsp3) is 0.455. The van der Waals surface area contributed by atoms with Crippen LogP contribution in [0.15, 0.2) is 30.3 Å². The van der Waals surface area contributed by atoms with Crippen LogP contribution in [-0.2, 0) is 0 Å². The van der Waals surface area contributed by atoms with Crippen LogP contribution >= 0.6 is 11.8 Å². The second-order valence-corrected chi connectivity index (χ2v) is 4.73. The van der Waals surface area contributed by atoms with E-state index in [1.165, 1.54) is 12.0 Å². The van der Waals surface area contributed by atoms with E-state index in [2.05, 4.69) is 30.3 Å². The molecule has 1 fully saturated rings. The zero-order valence-electron chi connectivity index (χ0n) is 7.52. The molecule has 1 N–H and O–H groups in total. The molecule has 1 aliphatic rings. The summed E-state index contributed by atoms with van der Waals surface area (Å²) in [7, 11) is 0. The molecular formula is C11H14OS. The van der Waals surface area contributed by atoms with Crippen LogP contribution in [0.4, 0.5) is 0 Å². The second kappa shape index (κ2) is 4.16. The Hall–Kier alpha value is -0.470. The fourth-order valence-electron chi connectivity index (χ4n) is 1.61. The van der Waals surface area contributed by atoms with Gasteiger partial charge in [0.25, 0.3) is 0 Å². The Morgan fingerprint density at radius 1 is 1.31 bits per heavy atom. The van der Waals surface area contributed by atoms with Crippen LogP contribution in [0.3, 0.4) is 0 Å². The maximum absolute atomic E-state index is 8.68. The molecule has 0 aliphatic heterocycles. The van der Waals surface area contributed by atoms with Crippen molar-refractivity contribution < 1.29 is 5.11 Å². The number of aliphatic hydroxyl groups excluding tert-OH is 1. The molecule has 2 rings (SSSR count). The first-order valence-corrected chi connectivity index (χ1v) is 5.74. The van der Waals surface area contributed by atoms with Gasteiger partial charge in [-0.05, 0) is 17.9 Å². The van der Waals surface area contributed by atoms with Crippen molar-refractivity contribution in [3.8, 4) is 0 Å². The third kappa shape index (κ3) is 2.26. The maximum Gasteiger partial charge on any atom is 0.0521 e. The van der Waals surface area contributed by atoms with E-state index in [-0.39, 0.29) is 0 Å². The molecule has 0 spiro atoms. The summed E-state index contributed by atoms with van der Waals surface area (Å²) >= 11 is 1.90. The minimum atomic E-state index is 0.308. The Kier molecular flexibility index (Phi) is 2.91. The summed E-state index contributed by atoms with van der Waals surface area (Å²) in [5.74, 6) is 1.63. The first-order valence-electron chi connectivity index (χ1n) is 4.69. The Bertz CT molecular complexity index is 260. The van der Waals surface area contributed by atoms with Gasteiger partial charge in [-0.25, -0.2) is 0 Å².